The van der Waals surface area contributed by atoms with Crippen molar-refractivity contribution in [1.82, 2.24) is 0 Å². The highest BCUT2D eigenvalue weighted by atomic mass is 19.2. The lowest BCUT2D eigenvalue weighted by Crippen LogP contribution is -2.09. The molecule has 0 saturated carbocycles. The molecular weight excluding hydrogens is 279 g/mol. The number of hydrogen-bond acceptors (Lipinski definition) is 3. The van der Waals surface area contributed by atoms with Crippen molar-refractivity contribution < 1.29 is 13.2 Å². The fraction of sp³-hybridized carbons (Fsp3) is 0.0667. The van der Waals surface area contributed by atoms with Crippen LogP contribution in [-0.2, 0) is 6.54 Å². The SMILES string of the molecule is N#Cc1c(F)c(F)c(NCc2ccccc2)c(F)c1C#N. The van der Waals surface area contributed by atoms with Crippen LogP contribution in [0.25, 0.3) is 0 Å². The Morgan fingerprint density at radius 2 is 1.43 bits per heavy atom. The largest absolute Gasteiger partial charge is 0.376 e. The summed E-state index contributed by atoms with van der Waals surface area (Å²) in [4.78, 5) is 0. The summed E-state index contributed by atoms with van der Waals surface area (Å²) >= 11 is 0. The molecule has 21 heavy (non-hydrogen) atoms. The molecule has 0 radical (unpaired) electrons. The predicted octanol–water partition coefficient (Wildman–Crippen LogP) is 3.46. The summed E-state index contributed by atoms with van der Waals surface area (Å²) in [6.07, 6.45) is 0. The smallest absolute Gasteiger partial charge is 0.186 e. The molecule has 2 aromatic carbocycles. The second kappa shape index (κ2) is 5.98. The lowest BCUT2D eigenvalue weighted by atomic mass is 10.1. The third-order valence-electron chi connectivity index (χ3n) is 2.86. The Hall–Kier alpha value is -2.99. The van der Waals surface area contributed by atoms with E-state index in [2.05, 4.69) is 5.32 Å². The Morgan fingerprint density at radius 3 is 2.00 bits per heavy atom. The van der Waals surface area contributed by atoms with Crippen LogP contribution < -0.4 is 5.32 Å². The average molecular weight is 287 g/mol. The van der Waals surface area contributed by atoms with Gasteiger partial charge in [-0.1, -0.05) is 30.3 Å². The van der Waals surface area contributed by atoms with Gasteiger partial charge in [-0.15, -0.1) is 0 Å². The summed E-state index contributed by atoms with van der Waals surface area (Å²) in [6.45, 7) is 0.0465. The normalized spacial score (nSPS) is 9.76. The number of rotatable bonds is 3. The van der Waals surface area contributed by atoms with E-state index >= 15 is 0 Å². The van der Waals surface area contributed by atoms with Crippen LogP contribution in [0.15, 0.2) is 30.3 Å². The Morgan fingerprint density at radius 1 is 0.857 bits per heavy atom. The van der Waals surface area contributed by atoms with Gasteiger partial charge in [-0.05, 0) is 5.56 Å². The third kappa shape index (κ3) is 2.65. The van der Waals surface area contributed by atoms with E-state index in [0.717, 1.165) is 5.56 Å². The van der Waals surface area contributed by atoms with E-state index in [1.54, 1.807) is 30.3 Å². The summed E-state index contributed by atoms with van der Waals surface area (Å²) in [5.74, 6) is -4.33. The fourth-order valence-corrected chi connectivity index (χ4v) is 1.81. The molecule has 0 bridgehead atoms. The molecule has 104 valence electrons. The highest BCUT2D eigenvalue weighted by molar-refractivity contribution is 5.59. The standard InChI is InChI=1S/C15H8F3N3/c16-12-10(6-19)11(7-20)13(17)15(14(12)18)21-8-9-4-2-1-3-5-9/h1-5,21H,8H2. The minimum atomic E-state index is -1.54. The van der Waals surface area contributed by atoms with Gasteiger partial charge in [0, 0.05) is 6.54 Å². The lowest BCUT2D eigenvalue weighted by Gasteiger charge is -2.11. The van der Waals surface area contributed by atoms with Gasteiger partial charge < -0.3 is 5.32 Å². The van der Waals surface area contributed by atoms with Gasteiger partial charge >= 0.3 is 0 Å². The van der Waals surface area contributed by atoms with Crippen molar-refractivity contribution in [3.63, 3.8) is 0 Å². The molecular formula is C15H8F3N3. The first-order valence-electron chi connectivity index (χ1n) is 5.88. The van der Waals surface area contributed by atoms with E-state index in [4.69, 9.17) is 10.5 Å². The highest BCUT2D eigenvalue weighted by Crippen LogP contribution is 2.28. The monoisotopic (exact) mass is 287 g/mol. The molecule has 0 saturated heterocycles. The summed E-state index contributed by atoms with van der Waals surface area (Å²) in [6, 6.07) is 11.4. The highest BCUT2D eigenvalue weighted by Gasteiger charge is 2.24. The van der Waals surface area contributed by atoms with Crippen LogP contribution in [0.5, 0.6) is 0 Å². The number of hydrogen-bond donors (Lipinski definition) is 1. The zero-order valence-corrected chi connectivity index (χ0v) is 10.6. The van der Waals surface area contributed by atoms with E-state index in [-0.39, 0.29) is 6.54 Å². The maximum absolute atomic E-state index is 14.0. The van der Waals surface area contributed by atoms with Crippen molar-refractivity contribution >= 4 is 5.69 Å². The van der Waals surface area contributed by atoms with Crippen molar-refractivity contribution in [3.8, 4) is 12.1 Å². The number of nitriles is 2. The van der Waals surface area contributed by atoms with E-state index in [9.17, 15) is 13.2 Å². The Kier molecular flexibility index (Phi) is 4.10. The second-order valence-corrected chi connectivity index (χ2v) is 4.13. The Bertz CT molecular complexity index is 759. The molecule has 0 aliphatic rings. The number of benzene rings is 2. The molecule has 0 unspecified atom stereocenters. The van der Waals surface area contributed by atoms with Crippen LogP contribution in [0.4, 0.5) is 18.9 Å². The Labute approximate surface area is 118 Å². The maximum atomic E-state index is 14.0. The quantitative estimate of drug-likeness (QED) is 0.879. The van der Waals surface area contributed by atoms with E-state index in [1.165, 1.54) is 12.1 Å². The minimum Gasteiger partial charge on any atom is -0.376 e. The molecule has 2 aromatic rings. The number of nitrogens with zero attached hydrogens (tertiary/aromatic N) is 2. The molecule has 0 aromatic heterocycles. The number of nitrogens with one attached hydrogen (secondary N) is 1. The molecule has 0 fully saturated rings. The first-order valence-corrected chi connectivity index (χ1v) is 5.88. The van der Waals surface area contributed by atoms with Crippen molar-refractivity contribution in [2.45, 2.75) is 6.54 Å². The van der Waals surface area contributed by atoms with Crippen LogP contribution in [0.1, 0.15) is 16.7 Å². The lowest BCUT2D eigenvalue weighted by molar-refractivity contribution is 0.495. The van der Waals surface area contributed by atoms with Gasteiger partial charge in [-0.25, -0.2) is 13.2 Å². The van der Waals surface area contributed by atoms with Gasteiger partial charge in [0.15, 0.2) is 17.5 Å². The molecule has 0 atom stereocenters. The zero-order valence-electron chi connectivity index (χ0n) is 10.6. The van der Waals surface area contributed by atoms with Gasteiger partial charge in [0.25, 0.3) is 0 Å². The van der Waals surface area contributed by atoms with Gasteiger partial charge in [0.2, 0.25) is 0 Å². The summed E-state index contributed by atoms with van der Waals surface area (Å²) in [5.41, 5.74) is -1.78. The van der Waals surface area contributed by atoms with E-state index in [1.807, 2.05) is 0 Å². The molecule has 6 heteroatoms. The van der Waals surface area contributed by atoms with Crippen molar-refractivity contribution in [2.24, 2.45) is 0 Å². The second-order valence-electron chi connectivity index (χ2n) is 4.13. The Balaban J connectivity index is 2.43. The van der Waals surface area contributed by atoms with E-state index < -0.39 is 34.3 Å². The van der Waals surface area contributed by atoms with Gasteiger partial charge in [0.1, 0.15) is 29.0 Å². The van der Waals surface area contributed by atoms with Gasteiger partial charge in [-0.2, -0.15) is 10.5 Å². The molecule has 0 heterocycles. The van der Waals surface area contributed by atoms with Crippen LogP contribution >= 0.6 is 0 Å². The molecule has 1 N–H and O–H groups in total. The zero-order chi connectivity index (χ0) is 15.4. The van der Waals surface area contributed by atoms with E-state index in [0.29, 0.717) is 0 Å². The molecule has 0 amide bonds. The van der Waals surface area contributed by atoms with Crippen molar-refractivity contribution in [3.05, 3.63) is 64.5 Å². The molecule has 0 aliphatic carbocycles. The van der Waals surface area contributed by atoms with Crippen molar-refractivity contribution in [2.75, 3.05) is 5.32 Å². The van der Waals surface area contributed by atoms with Gasteiger partial charge in [0.05, 0.1) is 0 Å². The first-order chi connectivity index (χ1) is 10.1. The van der Waals surface area contributed by atoms with Crippen LogP contribution in [0.3, 0.4) is 0 Å². The minimum absolute atomic E-state index is 0.0465. The molecule has 3 nitrogen and oxygen atoms in total. The predicted molar refractivity (Wildman–Crippen MR) is 69.5 cm³/mol. The van der Waals surface area contributed by atoms with Gasteiger partial charge in [-0.3, -0.25) is 0 Å². The third-order valence-corrected chi connectivity index (χ3v) is 2.86. The van der Waals surface area contributed by atoms with Crippen LogP contribution in [0.2, 0.25) is 0 Å². The summed E-state index contributed by atoms with van der Waals surface area (Å²) < 4.78 is 41.5. The van der Waals surface area contributed by atoms with Crippen molar-refractivity contribution in [1.29, 1.82) is 10.5 Å². The first kappa shape index (κ1) is 14.4. The fourth-order valence-electron chi connectivity index (χ4n) is 1.81. The average Bonchev–Trinajstić information content (AvgIpc) is 2.51. The molecule has 0 spiro atoms. The maximum Gasteiger partial charge on any atom is 0.186 e. The molecule has 0 aliphatic heterocycles. The topological polar surface area (TPSA) is 59.6 Å². The molecule has 2 rings (SSSR count). The summed E-state index contributed by atoms with van der Waals surface area (Å²) in [5, 5.41) is 19.9. The van der Waals surface area contributed by atoms with Crippen LogP contribution in [0, 0.1) is 40.1 Å². The number of anilines is 1. The number of halogens is 3. The van der Waals surface area contributed by atoms with Crippen LogP contribution in [-0.4, -0.2) is 0 Å². The summed E-state index contributed by atoms with van der Waals surface area (Å²) in [7, 11) is 0.